The fourth-order valence-electron chi connectivity index (χ4n) is 4.26. The van der Waals surface area contributed by atoms with Crippen LogP contribution in [-0.2, 0) is 4.79 Å². The molecule has 0 aliphatic carbocycles. The molecule has 0 saturated carbocycles. The summed E-state index contributed by atoms with van der Waals surface area (Å²) in [6.45, 7) is 1.89. The highest BCUT2D eigenvalue weighted by Crippen LogP contribution is 2.34. The first kappa shape index (κ1) is 24.1. The first-order valence-electron chi connectivity index (χ1n) is 11.6. The van der Waals surface area contributed by atoms with Gasteiger partial charge in [0.1, 0.15) is 35.0 Å². The van der Waals surface area contributed by atoms with Gasteiger partial charge in [-0.1, -0.05) is 6.07 Å². The third-order valence-corrected chi connectivity index (χ3v) is 6.08. The van der Waals surface area contributed by atoms with Crippen LogP contribution in [0.25, 0.3) is 11.1 Å². The maximum Gasteiger partial charge on any atom is 0.305 e. The van der Waals surface area contributed by atoms with Crippen LogP contribution in [0.2, 0.25) is 0 Å². The number of carbonyl (C=O) groups is 1. The second kappa shape index (κ2) is 10.1. The molecule has 4 aromatic rings. The highest BCUT2D eigenvalue weighted by molar-refractivity contribution is 6.00. The van der Waals surface area contributed by atoms with Crippen LogP contribution in [-0.4, -0.2) is 34.9 Å². The molecule has 37 heavy (non-hydrogen) atoms. The summed E-state index contributed by atoms with van der Waals surface area (Å²) in [7, 11) is 1.54. The monoisotopic (exact) mass is 501 g/mol. The number of hydrogen-bond donors (Lipinski definition) is 1. The van der Waals surface area contributed by atoms with Gasteiger partial charge in [0.05, 0.1) is 31.5 Å². The number of benzene rings is 3. The zero-order valence-electron chi connectivity index (χ0n) is 20.2. The predicted octanol–water partition coefficient (Wildman–Crippen LogP) is 6.05. The van der Waals surface area contributed by atoms with Gasteiger partial charge in [0.25, 0.3) is 0 Å². The summed E-state index contributed by atoms with van der Waals surface area (Å²) in [6, 6.07) is 17.0. The van der Waals surface area contributed by atoms with E-state index < -0.39 is 5.97 Å². The standard InChI is InChI=1S/C28H24FN3O5/c1-17-13-18(23-16-22(35-2)8-9-24(23)29)3-10-26(17)37-21-6-4-19(5-7-21)32-20(15-27(33)34)14-25(31-32)28-30-11-12-36-28/h3-13,16,20H,14-15H2,1-2H3,(H,33,34). The van der Waals surface area contributed by atoms with Crippen LogP contribution >= 0.6 is 0 Å². The number of hydrogen-bond acceptors (Lipinski definition) is 7. The van der Waals surface area contributed by atoms with Crippen molar-refractivity contribution in [2.75, 3.05) is 12.1 Å². The summed E-state index contributed by atoms with van der Waals surface area (Å²) in [5.74, 6) is 0.945. The molecular weight excluding hydrogens is 477 g/mol. The van der Waals surface area contributed by atoms with Gasteiger partial charge in [-0.15, -0.1) is 0 Å². The van der Waals surface area contributed by atoms with Gasteiger partial charge in [-0.3, -0.25) is 9.80 Å². The third kappa shape index (κ3) is 5.16. The molecule has 3 aromatic carbocycles. The molecule has 0 radical (unpaired) electrons. The number of nitrogens with zero attached hydrogens (tertiary/aromatic N) is 3. The molecule has 0 fully saturated rings. The number of aryl methyl sites for hydroxylation is 1. The molecule has 1 aromatic heterocycles. The molecule has 1 N–H and O–H groups in total. The molecule has 1 aliphatic rings. The highest BCUT2D eigenvalue weighted by Gasteiger charge is 2.32. The lowest BCUT2D eigenvalue weighted by atomic mass is 10.0. The quantitative estimate of drug-likeness (QED) is 0.314. The first-order valence-corrected chi connectivity index (χ1v) is 11.6. The average molecular weight is 502 g/mol. The van der Waals surface area contributed by atoms with E-state index in [0.29, 0.717) is 40.8 Å². The molecule has 9 heteroatoms. The summed E-state index contributed by atoms with van der Waals surface area (Å²) in [5, 5.41) is 15.6. The summed E-state index contributed by atoms with van der Waals surface area (Å²) < 4.78 is 31.0. The molecule has 188 valence electrons. The largest absolute Gasteiger partial charge is 0.497 e. The lowest BCUT2D eigenvalue weighted by Crippen LogP contribution is -2.28. The highest BCUT2D eigenvalue weighted by atomic mass is 19.1. The maximum atomic E-state index is 14.4. The number of carboxylic acid groups (broad SMARTS) is 1. The summed E-state index contributed by atoms with van der Waals surface area (Å²) >= 11 is 0. The topological polar surface area (TPSA) is 97.4 Å². The Labute approximate surface area is 212 Å². The van der Waals surface area contributed by atoms with Gasteiger partial charge in [0.2, 0.25) is 5.89 Å². The zero-order chi connectivity index (χ0) is 25.9. The van der Waals surface area contributed by atoms with E-state index in [4.69, 9.17) is 13.9 Å². The van der Waals surface area contributed by atoms with E-state index in [0.717, 1.165) is 16.8 Å². The Hall–Kier alpha value is -4.66. The molecule has 0 saturated heterocycles. The molecule has 0 bridgehead atoms. The second-order valence-corrected chi connectivity index (χ2v) is 8.61. The van der Waals surface area contributed by atoms with Gasteiger partial charge in [-0.25, -0.2) is 9.37 Å². The summed E-state index contributed by atoms with van der Waals surface area (Å²) in [6.07, 6.45) is 3.32. The van der Waals surface area contributed by atoms with Crippen molar-refractivity contribution < 1.29 is 28.2 Å². The number of ether oxygens (including phenoxy) is 2. The normalized spacial score (nSPS) is 14.9. The number of halogens is 1. The van der Waals surface area contributed by atoms with Crippen LogP contribution in [0.4, 0.5) is 10.1 Å². The minimum absolute atomic E-state index is 0.0780. The van der Waals surface area contributed by atoms with E-state index in [9.17, 15) is 14.3 Å². The van der Waals surface area contributed by atoms with Crippen LogP contribution in [0.1, 0.15) is 24.3 Å². The lowest BCUT2D eigenvalue weighted by molar-refractivity contribution is -0.137. The van der Waals surface area contributed by atoms with Crippen LogP contribution < -0.4 is 14.5 Å². The van der Waals surface area contributed by atoms with E-state index in [1.807, 2.05) is 25.1 Å². The smallest absolute Gasteiger partial charge is 0.305 e. The Kier molecular flexibility index (Phi) is 6.59. The van der Waals surface area contributed by atoms with E-state index in [1.165, 1.54) is 18.5 Å². The number of rotatable bonds is 8. The van der Waals surface area contributed by atoms with Crippen molar-refractivity contribution in [3.8, 4) is 28.4 Å². The van der Waals surface area contributed by atoms with Crippen LogP contribution in [0.15, 0.2) is 82.6 Å². The molecule has 0 amide bonds. The molecule has 1 unspecified atom stereocenters. The first-order chi connectivity index (χ1) is 17.9. The fraction of sp³-hybridized carbons (Fsp3) is 0.179. The Morgan fingerprint density at radius 2 is 1.92 bits per heavy atom. The van der Waals surface area contributed by atoms with Gasteiger partial charge < -0.3 is 19.0 Å². The zero-order valence-corrected chi connectivity index (χ0v) is 20.2. The number of methoxy groups -OCH3 is 1. The van der Waals surface area contributed by atoms with Gasteiger partial charge in [0, 0.05) is 12.0 Å². The summed E-state index contributed by atoms with van der Waals surface area (Å²) in [4.78, 5) is 15.5. The molecule has 0 spiro atoms. The average Bonchev–Trinajstić information content (AvgIpc) is 3.56. The molecule has 5 rings (SSSR count). The van der Waals surface area contributed by atoms with E-state index in [2.05, 4.69) is 10.1 Å². The Balaban J connectivity index is 1.35. The third-order valence-electron chi connectivity index (χ3n) is 6.08. The number of aliphatic carboxylic acids is 1. The van der Waals surface area contributed by atoms with Crippen molar-refractivity contribution in [1.82, 2.24) is 4.98 Å². The van der Waals surface area contributed by atoms with Gasteiger partial charge in [0.15, 0.2) is 0 Å². The van der Waals surface area contributed by atoms with Crippen LogP contribution in [0.5, 0.6) is 17.2 Å². The molecule has 2 heterocycles. The number of oxazole rings is 1. The summed E-state index contributed by atoms with van der Waals surface area (Å²) in [5.41, 5.74) is 3.32. The maximum absolute atomic E-state index is 14.4. The number of aromatic nitrogens is 1. The SMILES string of the molecule is COc1ccc(F)c(-c2ccc(Oc3ccc(N4N=C(c5ncco5)CC4CC(=O)O)cc3)c(C)c2)c1. The van der Waals surface area contributed by atoms with Gasteiger partial charge in [-0.05, 0) is 72.6 Å². The Bertz CT molecular complexity index is 1450. The Morgan fingerprint density at radius 3 is 2.59 bits per heavy atom. The lowest BCUT2D eigenvalue weighted by Gasteiger charge is -2.22. The number of anilines is 1. The Morgan fingerprint density at radius 1 is 1.14 bits per heavy atom. The second-order valence-electron chi connectivity index (χ2n) is 8.61. The van der Waals surface area contributed by atoms with Crippen molar-refractivity contribution in [3.05, 3.63) is 90.4 Å². The van der Waals surface area contributed by atoms with E-state index >= 15 is 0 Å². The molecule has 1 atom stereocenters. The predicted molar refractivity (Wildman–Crippen MR) is 136 cm³/mol. The number of carboxylic acids is 1. The molecule has 8 nitrogen and oxygen atoms in total. The molecule has 1 aliphatic heterocycles. The number of hydrazone groups is 1. The van der Waals surface area contributed by atoms with Crippen molar-refractivity contribution in [2.24, 2.45) is 5.10 Å². The van der Waals surface area contributed by atoms with Crippen LogP contribution in [0, 0.1) is 12.7 Å². The minimum atomic E-state index is -0.911. The van der Waals surface area contributed by atoms with Crippen molar-refractivity contribution in [3.63, 3.8) is 0 Å². The minimum Gasteiger partial charge on any atom is -0.497 e. The van der Waals surface area contributed by atoms with Gasteiger partial charge >= 0.3 is 5.97 Å². The van der Waals surface area contributed by atoms with Crippen LogP contribution in [0.3, 0.4) is 0 Å². The molecular formula is C28H24FN3O5. The van der Waals surface area contributed by atoms with E-state index in [-0.39, 0.29) is 18.3 Å². The van der Waals surface area contributed by atoms with Gasteiger partial charge in [-0.2, -0.15) is 5.10 Å². The van der Waals surface area contributed by atoms with Crippen molar-refractivity contribution >= 4 is 17.4 Å². The fourth-order valence-corrected chi connectivity index (χ4v) is 4.26. The van der Waals surface area contributed by atoms with Crippen molar-refractivity contribution in [1.29, 1.82) is 0 Å². The van der Waals surface area contributed by atoms with Crippen molar-refractivity contribution in [2.45, 2.75) is 25.8 Å². The van der Waals surface area contributed by atoms with E-state index in [1.54, 1.807) is 48.5 Å².